The van der Waals surface area contributed by atoms with Gasteiger partial charge in [0.2, 0.25) is 4.52 Å². The van der Waals surface area contributed by atoms with Crippen molar-refractivity contribution in [1.82, 2.24) is 4.98 Å². The summed E-state index contributed by atoms with van der Waals surface area (Å²) in [5.74, 6) is -0.318. The van der Waals surface area contributed by atoms with Gasteiger partial charge in [-0.15, -0.1) is 0 Å². The highest BCUT2D eigenvalue weighted by atomic mass is 35.5. The zero-order valence-electron chi connectivity index (χ0n) is 13.8. The van der Waals surface area contributed by atoms with Crippen LogP contribution in [0.5, 0.6) is 0 Å². The number of aromatic amines is 1. The van der Waals surface area contributed by atoms with Gasteiger partial charge in [-0.05, 0) is 25.0 Å². The number of aromatic nitrogens is 1. The standard InChI is InChI=1S/C18H21Cl2NO3/c1-3-9-17(11-15(22)23-4-2)16-13(10-18(19,20)24-17)12-7-5-6-8-14(12)21-16/h5-8,21H,3-4,9-11H2,1-2H3. The molecule has 1 aromatic heterocycles. The lowest BCUT2D eigenvalue weighted by Crippen LogP contribution is -2.44. The number of halogens is 2. The molecule has 6 heteroatoms. The van der Waals surface area contributed by atoms with Gasteiger partial charge in [0.05, 0.1) is 18.7 Å². The Hall–Kier alpha value is -1.23. The van der Waals surface area contributed by atoms with Crippen molar-refractivity contribution in [2.45, 2.75) is 49.7 Å². The van der Waals surface area contributed by atoms with Crippen LogP contribution in [0, 0.1) is 0 Å². The van der Waals surface area contributed by atoms with Crippen LogP contribution >= 0.6 is 23.2 Å². The molecule has 0 saturated carbocycles. The van der Waals surface area contributed by atoms with Gasteiger partial charge < -0.3 is 14.5 Å². The molecule has 1 atom stereocenters. The largest absolute Gasteiger partial charge is 0.466 e. The second-order valence-electron chi connectivity index (χ2n) is 6.17. The van der Waals surface area contributed by atoms with Crippen molar-refractivity contribution in [1.29, 1.82) is 0 Å². The van der Waals surface area contributed by atoms with Gasteiger partial charge in [-0.3, -0.25) is 4.79 Å². The van der Waals surface area contributed by atoms with Gasteiger partial charge in [-0.1, -0.05) is 54.7 Å². The van der Waals surface area contributed by atoms with Crippen molar-refractivity contribution in [3.8, 4) is 0 Å². The van der Waals surface area contributed by atoms with Crippen LogP contribution in [0.2, 0.25) is 0 Å². The summed E-state index contributed by atoms with van der Waals surface area (Å²) in [6, 6.07) is 7.97. The highest BCUT2D eigenvalue weighted by Gasteiger charge is 2.50. The Kier molecular flexibility index (Phi) is 4.82. The molecule has 0 radical (unpaired) electrons. The Morgan fingerprint density at radius 3 is 2.79 bits per heavy atom. The maximum absolute atomic E-state index is 12.2. The number of alkyl halides is 2. The lowest BCUT2D eigenvalue weighted by Gasteiger charge is -2.42. The Balaban J connectivity index is 2.16. The van der Waals surface area contributed by atoms with E-state index in [-0.39, 0.29) is 12.4 Å². The number of para-hydroxylation sites is 1. The van der Waals surface area contributed by atoms with E-state index < -0.39 is 10.1 Å². The Morgan fingerprint density at radius 1 is 1.33 bits per heavy atom. The molecule has 0 spiro atoms. The van der Waals surface area contributed by atoms with E-state index in [1.54, 1.807) is 6.92 Å². The number of H-pyrrole nitrogens is 1. The number of esters is 1. The third-order valence-electron chi connectivity index (χ3n) is 4.39. The minimum atomic E-state index is -1.38. The molecule has 0 bridgehead atoms. The van der Waals surface area contributed by atoms with Crippen LogP contribution in [-0.2, 0) is 26.3 Å². The van der Waals surface area contributed by atoms with E-state index >= 15 is 0 Å². The molecule has 1 N–H and O–H groups in total. The van der Waals surface area contributed by atoms with Crippen molar-refractivity contribution in [2.75, 3.05) is 6.61 Å². The van der Waals surface area contributed by atoms with Crippen molar-refractivity contribution in [3.05, 3.63) is 35.5 Å². The second kappa shape index (κ2) is 6.58. The molecule has 1 unspecified atom stereocenters. The van der Waals surface area contributed by atoms with Crippen LogP contribution in [0.1, 0.15) is 44.4 Å². The molecule has 3 rings (SSSR count). The van der Waals surface area contributed by atoms with Crippen LogP contribution in [0.25, 0.3) is 10.9 Å². The smallest absolute Gasteiger partial charge is 0.309 e. The average molecular weight is 370 g/mol. The summed E-state index contributed by atoms with van der Waals surface area (Å²) in [5.41, 5.74) is 1.98. The van der Waals surface area contributed by atoms with E-state index in [0.29, 0.717) is 19.4 Å². The first-order valence-electron chi connectivity index (χ1n) is 8.24. The van der Waals surface area contributed by atoms with E-state index in [1.165, 1.54) is 0 Å². The molecule has 2 aromatic rings. The van der Waals surface area contributed by atoms with Crippen LogP contribution in [0.3, 0.4) is 0 Å². The topological polar surface area (TPSA) is 51.3 Å². The quantitative estimate of drug-likeness (QED) is 0.606. The van der Waals surface area contributed by atoms with E-state index in [2.05, 4.69) is 4.98 Å². The third kappa shape index (κ3) is 3.15. The second-order valence-corrected chi connectivity index (χ2v) is 7.58. The number of benzene rings is 1. The highest BCUT2D eigenvalue weighted by Crippen LogP contribution is 2.50. The van der Waals surface area contributed by atoms with Gasteiger partial charge in [0.25, 0.3) is 0 Å². The molecule has 0 aliphatic carbocycles. The lowest BCUT2D eigenvalue weighted by molar-refractivity contribution is -0.160. The van der Waals surface area contributed by atoms with Crippen molar-refractivity contribution in [3.63, 3.8) is 0 Å². The minimum absolute atomic E-state index is 0.0791. The first kappa shape index (κ1) is 17.6. The fourth-order valence-electron chi connectivity index (χ4n) is 3.59. The summed E-state index contributed by atoms with van der Waals surface area (Å²) in [7, 11) is 0. The zero-order chi connectivity index (χ0) is 17.4. The van der Waals surface area contributed by atoms with Crippen LogP contribution < -0.4 is 0 Å². The van der Waals surface area contributed by atoms with Gasteiger partial charge >= 0.3 is 5.97 Å². The van der Waals surface area contributed by atoms with Crippen LogP contribution in [0.15, 0.2) is 24.3 Å². The number of rotatable bonds is 5. The first-order valence-corrected chi connectivity index (χ1v) is 9.00. The number of fused-ring (bicyclic) bond motifs is 3. The third-order valence-corrected chi connectivity index (χ3v) is 4.81. The number of hydrogen-bond donors (Lipinski definition) is 1. The molecule has 4 nitrogen and oxygen atoms in total. The van der Waals surface area contributed by atoms with Gasteiger partial charge in [0, 0.05) is 17.3 Å². The normalized spacial score (nSPS) is 22.3. The summed E-state index contributed by atoms with van der Waals surface area (Å²) >= 11 is 12.8. The van der Waals surface area contributed by atoms with E-state index in [1.807, 2.05) is 31.2 Å². The summed E-state index contributed by atoms with van der Waals surface area (Å²) in [6.07, 6.45) is 1.88. The molecule has 0 fully saturated rings. The van der Waals surface area contributed by atoms with E-state index in [9.17, 15) is 4.79 Å². The monoisotopic (exact) mass is 369 g/mol. The highest BCUT2D eigenvalue weighted by molar-refractivity contribution is 6.47. The molecular formula is C18H21Cl2NO3. The molecular weight excluding hydrogens is 349 g/mol. The van der Waals surface area contributed by atoms with Crippen molar-refractivity contribution in [2.24, 2.45) is 0 Å². The van der Waals surface area contributed by atoms with Crippen molar-refractivity contribution < 1.29 is 14.3 Å². The number of hydrogen-bond acceptors (Lipinski definition) is 3. The lowest BCUT2D eigenvalue weighted by atomic mass is 9.84. The fourth-order valence-corrected chi connectivity index (χ4v) is 4.15. The number of carbonyl (C=O) groups excluding carboxylic acids is 1. The molecule has 24 heavy (non-hydrogen) atoms. The number of nitrogens with one attached hydrogen (secondary N) is 1. The van der Waals surface area contributed by atoms with E-state index in [0.717, 1.165) is 28.6 Å². The molecule has 0 amide bonds. The van der Waals surface area contributed by atoms with Crippen molar-refractivity contribution >= 4 is 40.1 Å². The van der Waals surface area contributed by atoms with Crippen LogP contribution in [0.4, 0.5) is 0 Å². The first-order chi connectivity index (χ1) is 11.4. The van der Waals surface area contributed by atoms with Gasteiger partial charge in [0.15, 0.2) is 0 Å². The molecule has 1 aliphatic rings. The Labute approximate surface area is 151 Å². The molecule has 130 valence electrons. The molecule has 2 heterocycles. The van der Waals surface area contributed by atoms with E-state index in [4.69, 9.17) is 32.7 Å². The molecule has 1 aliphatic heterocycles. The molecule has 1 aromatic carbocycles. The number of carbonyl (C=O) groups is 1. The summed E-state index contributed by atoms with van der Waals surface area (Å²) < 4.78 is 9.85. The van der Waals surface area contributed by atoms with Gasteiger partial charge in [0.1, 0.15) is 5.60 Å². The maximum atomic E-state index is 12.2. The summed E-state index contributed by atoms with van der Waals surface area (Å²) in [6.45, 7) is 4.15. The SMILES string of the molecule is CCCC1(CC(=O)OCC)OC(Cl)(Cl)Cc2c1[nH]c1ccccc21. The Morgan fingerprint density at radius 2 is 2.08 bits per heavy atom. The maximum Gasteiger partial charge on any atom is 0.309 e. The number of ether oxygens (including phenoxy) is 2. The molecule has 0 saturated heterocycles. The van der Waals surface area contributed by atoms with Crippen LogP contribution in [-0.4, -0.2) is 22.1 Å². The minimum Gasteiger partial charge on any atom is -0.466 e. The average Bonchev–Trinajstić information content (AvgIpc) is 2.86. The summed E-state index contributed by atoms with van der Waals surface area (Å²) in [4.78, 5) is 15.7. The fraction of sp³-hybridized carbons (Fsp3) is 0.500. The summed E-state index contributed by atoms with van der Waals surface area (Å²) in [5, 5.41) is 1.06. The predicted octanol–water partition coefficient (Wildman–Crippen LogP) is 4.82. The zero-order valence-corrected chi connectivity index (χ0v) is 15.3. The Bertz CT molecular complexity index is 756. The van der Waals surface area contributed by atoms with Gasteiger partial charge in [-0.25, -0.2) is 0 Å². The predicted molar refractivity (Wildman–Crippen MR) is 95.4 cm³/mol. The van der Waals surface area contributed by atoms with Gasteiger partial charge in [-0.2, -0.15) is 0 Å².